The highest BCUT2D eigenvalue weighted by atomic mass is 14.4. The summed E-state index contributed by atoms with van der Waals surface area (Å²) in [6.45, 7) is 28.3. The summed E-state index contributed by atoms with van der Waals surface area (Å²) in [5, 5.41) is 0. The van der Waals surface area contributed by atoms with Crippen LogP contribution in [0.4, 0.5) is 0 Å². The third-order valence-corrected chi connectivity index (χ3v) is 8.61. The molecule has 36 heavy (non-hydrogen) atoms. The Hall–Kier alpha value is -2.34. The van der Waals surface area contributed by atoms with E-state index in [0.717, 1.165) is 6.42 Å². The molecule has 0 heteroatoms. The first-order valence-corrected chi connectivity index (χ1v) is 13.9. The van der Waals surface area contributed by atoms with Gasteiger partial charge in [0.05, 0.1) is 0 Å². The van der Waals surface area contributed by atoms with Crippen LogP contribution in [0.5, 0.6) is 0 Å². The number of rotatable bonds is 0. The van der Waals surface area contributed by atoms with Gasteiger partial charge in [-0.05, 0) is 83.8 Å². The van der Waals surface area contributed by atoms with Crippen LogP contribution in [-0.2, 0) is 5.41 Å². The summed E-state index contributed by atoms with van der Waals surface area (Å²) in [7, 11) is 0. The van der Waals surface area contributed by atoms with Crippen molar-refractivity contribution in [1.29, 1.82) is 0 Å². The van der Waals surface area contributed by atoms with E-state index in [9.17, 15) is 0 Å². The molecule has 0 saturated heterocycles. The largest absolute Gasteiger partial charge is 0.0598 e. The molecule has 0 saturated carbocycles. The van der Waals surface area contributed by atoms with Crippen LogP contribution < -0.4 is 0 Å². The number of hydrogen-bond donors (Lipinski definition) is 0. The second-order valence-electron chi connectivity index (χ2n) is 15.6. The molecule has 0 fully saturated rings. The zero-order valence-corrected chi connectivity index (χ0v) is 24.8. The lowest BCUT2D eigenvalue weighted by molar-refractivity contribution is 0.497. The van der Waals surface area contributed by atoms with Crippen LogP contribution in [0, 0.1) is 22.2 Å². The highest BCUT2D eigenvalue weighted by Crippen LogP contribution is 2.58. The third kappa shape index (κ3) is 4.06. The van der Waals surface area contributed by atoms with Gasteiger partial charge >= 0.3 is 0 Å². The molecule has 0 N–H and O–H groups in total. The van der Waals surface area contributed by atoms with Crippen molar-refractivity contribution in [3.8, 4) is 0 Å². The normalized spacial score (nSPS) is 21.7. The molecule has 0 radical (unpaired) electrons. The molecule has 0 bridgehead atoms. The van der Waals surface area contributed by atoms with Crippen LogP contribution in [0.2, 0.25) is 0 Å². The number of fused-ring (bicyclic) bond motifs is 1. The Balaban J connectivity index is 1.92. The van der Waals surface area contributed by atoms with Crippen molar-refractivity contribution >= 4 is 17.2 Å². The molecule has 1 unspecified atom stereocenters. The van der Waals surface area contributed by atoms with Crippen molar-refractivity contribution in [2.45, 2.75) is 94.9 Å². The first-order chi connectivity index (χ1) is 16.4. The van der Waals surface area contributed by atoms with E-state index in [1.165, 1.54) is 44.5 Å². The highest BCUT2D eigenvalue weighted by Gasteiger charge is 2.41. The number of benzene rings is 1. The van der Waals surface area contributed by atoms with Gasteiger partial charge in [-0.2, -0.15) is 0 Å². The van der Waals surface area contributed by atoms with Crippen LogP contribution in [0.15, 0.2) is 64.3 Å². The van der Waals surface area contributed by atoms with Crippen LogP contribution in [-0.4, -0.2) is 0 Å². The van der Waals surface area contributed by atoms with Gasteiger partial charge in [0.2, 0.25) is 0 Å². The van der Waals surface area contributed by atoms with Gasteiger partial charge in [-0.3, -0.25) is 0 Å². The quantitative estimate of drug-likeness (QED) is 0.348. The second kappa shape index (κ2) is 7.59. The molecule has 190 valence electrons. The summed E-state index contributed by atoms with van der Waals surface area (Å²) in [6.07, 6.45) is 13.7. The van der Waals surface area contributed by atoms with Gasteiger partial charge in [0.25, 0.3) is 0 Å². The standard InChI is InChI=1S/C36H46/c1-33(2,3)23-13-21-14-24(34(4,5)6)19-29-30-20-26(36(10,11)12)16-22-15-25(35(7,8)9)18-28(32(22)30)27(17-23)31(21)29/h13-19,31H,20H2,1-12H3. The minimum atomic E-state index is 0.103. The smallest absolute Gasteiger partial charge is 0.0349 e. The van der Waals surface area contributed by atoms with E-state index < -0.39 is 0 Å². The zero-order chi connectivity index (χ0) is 26.6. The molecular weight excluding hydrogens is 432 g/mol. The molecule has 0 aliphatic heterocycles. The maximum Gasteiger partial charge on any atom is 0.0349 e. The lowest BCUT2D eigenvalue weighted by Gasteiger charge is -2.43. The van der Waals surface area contributed by atoms with Gasteiger partial charge in [-0.15, -0.1) is 0 Å². The van der Waals surface area contributed by atoms with Crippen LogP contribution in [0.3, 0.4) is 0 Å². The Kier molecular flexibility index (Phi) is 5.34. The van der Waals surface area contributed by atoms with Crippen LogP contribution >= 0.6 is 0 Å². The average Bonchev–Trinajstić information content (AvgIpc) is 2.73. The van der Waals surface area contributed by atoms with Crippen molar-refractivity contribution < 1.29 is 0 Å². The van der Waals surface area contributed by atoms with Crippen molar-refractivity contribution in [2.24, 2.45) is 22.2 Å². The lowest BCUT2D eigenvalue weighted by Crippen LogP contribution is -2.28. The molecule has 0 aromatic heterocycles. The van der Waals surface area contributed by atoms with Gasteiger partial charge in [0.15, 0.2) is 0 Å². The van der Waals surface area contributed by atoms with Gasteiger partial charge in [-0.25, -0.2) is 0 Å². The first kappa shape index (κ1) is 25.3. The molecule has 0 amide bonds. The van der Waals surface area contributed by atoms with Gasteiger partial charge in [-0.1, -0.05) is 131 Å². The monoisotopic (exact) mass is 478 g/mol. The van der Waals surface area contributed by atoms with E-state index in [2.05, 4.69) is 126 Å². The van der Waals surface area contributed by atoms with Gasteiger partial charge < -0.3 is 0 Å². The highest BCUT2D eigenvalue weighted by molar-refractivity contribution is 5.99. The van der Waals surface area contributed by atoms with E-state index in [1.807, 2.05) is 0 Å². The second-order valence-corrected chi connectivity index (χ2v) is 15.6. The predicted octanol–water partition coefficient (Wildman–Crippen LogP) is 10.5. The fourth-order valence-corrected chi connectivity index (χ4v) is 6.06. The molecule has 1 aromatic rings. The van der Waals surface area contributed by atoms with E-state index in [0.29, 0.717) is 5.92 Å². The van der Waals surface area contributed by atoms with Crippen LogP contribution in [0.1, 0.15) is 112 Å². The maximum atomic E-state index is 2.56. The Morgan fingerprint density at radius 2 is 1.22 bits per heavy atom. The minimum absolute atomic E-state index is 0.103. The minimum Gasteiger partial charge on any atom is -0.0598 e. The van der Waals surface area contributed by atoms with Crippen molar-refractivity contribution in [1.82, 2.24) is 0 Å². The van der Waals surface area contributed by atoms with E-state index in [-0.39, 0.29) is 21.7 Å². The third-order valence-electron chi connectivity index (χ3n) is 8.61. The SMILES string of the molecule is CC(C)(C)C1=CC2=CC(C(C)(C)C)=CC3=C4CC(C(C)(C)C)=Cc5cc(C(C)(C)C)cc(c54)C(=C1)C23. The molecule has 5 rings (SSSR count). The van der Waals surface area contributed by atoms with Crippen LogP contribution in [0.25, 0.3) is 17.2 Å². The Morgan fingerprint density at radius 1 is 0.611 bits per heavy atom. The number of hydrogen-bond acceptors (Lipinski definition) is 0. The fraction of sp³-hybridized carbons (Fsp3) is 0.500. The topological polar surface area (TPSA) is 0 Å². The summed E-state index contributed by atoms with van der Waals surface area (Å²) in [5.74, 6) is 0.340. The molecule has 1 aromatic carbocycles. The summed E-state index contributed by atoms with van der Waals surface area (Å²) in [6, 6.07) is 5.02. The summed E-state index contributed by atoms with van der Waals surface area (Å²) < 4.78 is 0. The Labute approximate surface area is 220 Å². The maximum absolute atomic E-state index is 2.56. The predicted molar refractivity (Wildman–Crippen MR) is 159 cm³/mol. The van der Waals surface area contributed by atoms with Gasteiger partial charge in [0, 0.05) is 5.92 Å². The van der Waals surface area contributed by atoms with E-state index in [4.69, 9.17) is 0 Å². The molecule has 0 nitrogen and oxygen atoms in total. The fourth-order valence-electron chi connectivity index (χ4n) is 6.06. The molecule has 4 aliphatic rings. The molecule has 0 spiro atoms. The lowest BCUT2D eigenvalue weighted by atomic mass is 9.60. The Morgan fingerprint density at radius 3 is 1.78 bits per heavy atom. The Bertz CT molecular complexity index is 1340. The van der Waals surface area contributed by atoms with E-state index in [1.54, 1.807) is 16.7 Å². The summed E-state index contributed by atoms with van der Waals surface area (Å²) in [4.78, 5) is 0. The first-order valence-electron chi connectivity index (χ1n) is 13.9. The number of allylic oxidation sites excluding steroid dienone is 11. The van der Waals surface area contributed by atoms with Crippen molar-refractivity contribution in [2.75, 3.05) is 0 Å². The zero-order valence-electron chi connectivity index (χ0n) is 24.8. The molecule has 1 atom stereocenters. The summed E-state index contributed by atoms with van der Waals surface area (Å²) >= 11 is 0. The molecular formula is C36H46. The molecule has 0 heterocycles. The van der Waals surface area contributed by atoms with Crippen molar-refractivity contribution in [3.05, 3.63) is 86.6 Å². The summed E-state index contributed by atoms with van der Waals surface area (Å²) in [5.41, 5.74) is 16.8. The molecule has 4 aliphatic carbocycles. The van der Waals surface area contributed by atoms with E-state index >= 15 is 0 Å². The van der Waals surface area contributed by atoms with Gasteiger partial charge in [0.1, 0.15) is 0 Å². The average molecular weight is 479 g/mol. The van der Waals surface area contributed by atoms with Crippen molar-refractivity contribution in [3.63, 3.8) is 0 Å².